The lowest BCUT2D eigenvalue weighted by atomic mass is 10.2. The molecule has 1 rings (SSSR count). The zero-order valence-corrected chi connectivity index (χ0v) is 9.67. The zero-order chi connectivity index (χ0) is 11.3. The normalized spacial score (nSPS) is 13.3. The highest BCUT2D eigenvalue weighted by Gasteiger charge is 2.02. The highest BCUT2D eigenvalue weighted by atomic mass is 14.9. The van der Waals surface area contributed by atoms with Crippen LogP contribution in [-0.4, -0.2) is 10.7 Å². The molecule has 0 aromatic carbocycles. The van der Waals surface area contributed by atoms with Gasteiger partial charge in [0.05, 0.1) is 0 Å². The van der Waals surface area contributed by atoms with Crippen LogP contribution in [0.5, 0.6) is 0 Å². The average molecular weight is 205 g/mol. The van der Waals surface area contributed by atoms with Crippen molar-refractivity contribution in [2.45, 2.75) is 33.6 Å². The number of nitrogens with one attached hydrogen (secondary N) is 1. The summed E-state index contributed by atoms with van der Waals surface area (Å²) in [7, 11) is 0. The number of nitrogens with zero attached hydrogens (tertiary/aromatic N) is 1. The minimum atomic E-state index is 0.606. The van der Waals surface area contributed by atoms with Crippen molar-refractivity contribution >= 4 is 5.71 Å². The van der Waals surface area contributed by atoms with Crippen molar-refractivity contribution in [1.82, 2.24) is 4.98 Å². The van der Waals surface area contributed by atoms with E-state index in [0.717, 1.165) is 29.8 Å². The van der Waals surface area contributed by atoms with E-state index in [2.05, 4.69) is 16.9 Å². The molecule has 0 aliphatic rings. The first-order valence-electron chi connectivity index (χ1n) is 5.30. The first kappa shape index (κ1) is 11.6. The van der Waals surface area contributed by atoms with Crippen LogP contribution >= 0.6 is 0 Å². The SMILES string of the molecule is CCC/C=C(\N)N=C(C)c1cc[nH]c1C. The number of aliphatic imine (C=N–C) groups is 1. The van der Waals surface area contributed by atoms with Gasteiger partial charge in [-0.15, -0.1) is 0 Å². The number of aryl methyl sites for hydroxylation is 1. The Hall–Kier alpha value is -1.51. The lowest BCUT2D eigenvalue weighted by Crippen LogP contribution is -2.01. The summed E-state index contributed by atoms with van der Waals surface area (Å²) in [5, 5.41) is 0. The van der Waals surface area contributed by atoms with Gasteiger partial charge in [0, 0.05) is 23.2 Å². The second-order valence-electron chi connectivity index (χ2n) is 3.63. The molecule has 0 aliphatic carbocycles. The number of aromatic amines is 1. The van der Waals surface area contributed by atoms with Crippen LogP contribution in [0.1, 0.15) is 37.9 Å². The Kier molecular flexibility index (Phi) is 4.16. The number of H-pyrrole nitrogens is 1. The maximum Gasteiger partial charge on any atom is 0.119 e. The van der Waals surface area contributed by atoms with Gasteiger partial charge in [-0.2, -0.15) is 0 Å². The quantitative estimate of drug-likeness (QED) is 0.729. The molecule has 0 saturated carbocycles. The molecule has 3 nitrogen and oxygen atoms in total. The second kappa shape index (κ2) is 5.39. The van der Waals surface area contributed by atoms with E-state index < -0.39 is 0 Å². The Bertz CT molecular complexity index is 372. The van der Waals surface area contributed by atoms with Crippen molar-refractivity contribution < 1.29 is 0 Å². The van der Waals surface area contributed by atoms with Gasteiger partial charge in [0.2, 0.25) is 0 Å². The van der Waals surface area contributed by atoms with Crippen LogP contribution in [0.2, 0.25) is 0 Å². The van der Waals surface area contributed by atoms with E-state index >= 15 is 0 Å². The van der Waals surface area contributed by atoms with E-state index in [9.17, 15) is 0 Å². The van der Waals surface area contributed by atoms with Crippen molar-refractivity contribution in [3.8, 4) is 0 Å². The molecule has 3 N–H and O–H groups in total. The molecule has 0 fully saturated rings. The van der Waals surface area contributed by atoms with Crippen LogP contribution in [-0.2, 0) is 0 Å². The van der Waals surface area contributed by atoms with E-state index in [-0.39, 0.29) is 0 Å². The molecule has 1 aromatic rings. The van der Waals surface area contributed by atoms with Crippen molar-refractivity contribution in [2.24, 2.45) is 10.7 Å². The summed E-state index contributed by atoms with van der Waals surface area (Å²) in [5.74, 6) is 0.606. The summed E-state index contributed by atoms with van der Waals surface area (Å²) in [6.45, 7) is 6.12. The molecule has 1 heterocycles. The number of allylic oxidation sites excluding steroid dienone is 1. The maximum absolute atomic E-state index is 5.78. The molecule has 0 bridgehead atoms. The molecule has 0 atom stereocenters. The fraction of sp³-hybridized carbons (Fsp3) is 0.417. The first-order chi connectivity index (χ1) is 7.15. The lowest BCUT2D eigenvalue weighted by molar-refractivity contribution is 0.942. The summed E-state index contributed by atoms with van der Waals surface area (Å²) in [6.07, 6.45) is 5.95. The van der Waals surface area contributed by atoms with Crippen LogP contribution in [0.3, 0.4) is 0 Å². The predicted molar refractivity (Wildman–Crippen MR) is 64.9 cm³/mol. The highest BCUT2D eigenvalue weighted by Crippen LogP contribution is 2.08. The predicted octanol–water partition coefficient (Wildman–Crippen LogP) is 2.73. The third-order valence-corrected chi connectivity index (χ3v) is 2.28. The van der Waals surface area contributed by atoms with Crippen molar-refractivity contribution in [3.63, 3.8) is 0 Å². The number of unbranched alkanes of at least 4 members (excludes halogenated alkanes) is 1. The van der Waals surface area contributed by atoms with Crippen LogP contribution in [0.15, 0.2) is 29.2 Å². The molecule has 0 amide bonds. The Balaban J connectivity index is 2.80. The zero-order valence-electron chi connectivity index (χ0n) is 9.67. The molecule has 15 heavy (non-hydrogen) atoms. The molecule has 0 radical (unpaired) electrons. The van der Waals surface area contributed by atoms with Crippen molar-refractivity contribution in [1.29, 1.82) is 0 Å². The second-order valence-corrected chi connectivity index (χ2v) is 3.63. The number of nitrogens with two attached hydrogens (primary N) is 1. The largest absolute Gasteiger partial charge is 0.384 e. The van der Waals surface area contributed by atoms with Crippen LogP contribution in [0.4, 0.5) is 0 Å². The molecule has 0 aliphatic heterocycles. The smallest absolute Gasteiger partial charge is 0.119 e. The van der Waals surface area contributed by atoms with Gasteiger partial charge in [0.25, 0.3) is 0 Å². The molecule has 0 spiro atoms. The van der Waals surface area contributed by atoms with Crippen molar-refractivity contribution in [3.05, 3.63) is 35.4 Å². The molecule has 82 valence electrons. The van der Waals surface area contributed by atoms with Gasteiger partial charge >= 0.3 is 0 Å². The lowest BCUT2D eigenvalue weighted by Gasteiger charge is -2.00. The Morgan fingerprint density at radius 3 is 2.87 bits per heavy atom. The molecular weight excluding hydrogens is 186 g/mol. The van der Waals surface area contributed by atoms with Gasteiger partial charge in [0.15, 0.2) is 0 Å². The number of hydrogen-bond donors (Lipinski definition) is 2. The monoisotopic (exact) mass is 205 g/mol. The minimum Gasteiger partial charge on any atom is -0.384 e. The minimum absolute atomic E-state index is 0.606. The number of aromatic nitrogens is 1. The summed E-state index contributed by atoms with van der Waals surface area (Å²) in [4.78, 5) is 7.48. The van der Waals surface area contributed by atoms with Gasteiger partial charge in [0.1, 0.15) is 5.82 Å². The molecule has 1 aromatic heterocycles. The van der Waals surface area contributed by atoms with Crippen LogP contribution in [0.25, 0.3) is 0 Å². The van der Waals surface area contributed by atoms with E-state index in [1.165, 1.54) is 0 Å². The fourth-order valence-corrected chi connectivity index (χ4v) is 1.44. The number of hydrogen-bond acceptors (Lipinski definition) is 2. The Morgan fingerprint density at radius 1 is 1.60 bits per heavy atom. The third-order valence-electron chi connectivity index (χ3n) is 2.28. The topological polar surface area (TPSA) is 54.2 Å². The average Bonchev–Trinajstić information content (AvgIpc) is 2.61. The summed E-state index contributed by atoms with van der Waals surface area (Å²) in [6, 6.07) is 2.02. The molecule has 0 saturated heterocycles. The third kappa shape index (κ3) is 3.27. The van der Waals surface area contributed by atoms with Gasteiger partial charge in [-0.3, -0.25) is 0 Å². The molecule has 3 heteroatoms. The van der Waals surface area contributed by atoms with E-state index in [1.807, 2.05) is 32.2 Å². The van der Waals surface area contributed by atoms with Crippen LogP contribution < -0.4 is 5.73 Å². The Morgan fingerprint density at radius 2 is 2.33 bits per heavy atom. The van der Waals surface area contributed by atoms with Crippen molar-refractivity contribution in [2.75, 3.05) is 0 Å². The fourth-order valence-electron chi connectivity index (χ4n) is 1.44. The summed E-state index contributed by atoms with van der Waals surface area (Å²) in [5.41, 5.74) is 8.99. The highest BCUT2D eigenvalue weighted by molar-refractivity contribution is 6.00. The van der Waals surface area contributed by atoms with E-state index in [4.69, 9.17) is 5.73 Å². The summed E-state index contributed by atoms with van der Waals surface area (Å²) < 4.78 is 0. The molecular formula is C12H19N3. The summed E-state index contributed by atoms with van der Waals surface area (Å²) >= 11 is 0. The van der Waals surface area contributed by atoms with E-state index in [1.54, 1.807) is 0 Å². The first-order valence-corrected chi connectivity index (χ1v) is 5.30. The van der Waals surface area contributed by atoms with E-state index in [0.29, 0.717) is 5.82 Å². The Labute approximate surface area is 91.1 Å². The van der Waals surface area contributed by atoms with Gasteiger partial charge in [-0.25, -0.2) is 4.99 Å². The molecule has 0 unspecified atom stereocenters. The number of rotatable bonds is 4. The van der Waals surface area contributed by atoms with Crippen LogP contribution in [0, 0.1) is 6.92 Å². The van der Waals surface area contributed by atoms with Gasteiger partial charge in [-0.05, 0) is 32.4 Å². The standard InChI is InChI=1S/C12H19N3/c1-4-5-6-12(13)15-10(3)11-7-8-14-9(11)2/h6-8,14H,4-5,13H2,1-3H3/b12-6+,15-10?. The van der Waals surface area contributed by atoms with Gasteiger partial charge < -0.3 is 10.7 Å². The maximum atomic E-state index is 5.78. The van der Waals surface area contributed by atoms with Gasteiger partial charge in [-0.1, -0.05) is 13.3 Å².